The zero-order chi connectivity index (χ0) is 13.3. The molecular weight excluding hydrogens is 230 g/mol. The molecule has 0 rings (SSSR count). The summed E-state index contributed by atoms with van der Waals surface area (Å²) in [6.07, 6.45) is -0.876. The third-order valence-corrected chi connectivity index (χ3v) is 1.58. The third kappa shape index (κ3) is 5.74. The van der Waals surface area contributed by atoms with Gasteiger partial charge < -0.3 is 14.2 Å². The van der Waals surface area contributed by atoms with Crippen LogP contribution in [-0.4, -0.2) is 43.9 Å². The van der Waals surface area contributed by atoms with E-state index in [1.54, 1.807) is 20.8 Å². The second kappa shape index (κ2) is 8.37. The van der Waals surface area contributed by atoms with Crippen LogP contribution in [0.4, 0.5) is 4.79 Å². The van der Waals surface area contributed by atoms with Crippen LogP contribution in [0.5, 0.6) is 0 Å². The van der Waals surface area contributed by atoms with Gasteiger partial charge in [0.1, 0.15) is 0 Å². The first-order chi connectivity index (χ1) is 8.06. The monoisotopic (exact) mass is 247 g/mol. The summed E-state index contributed by atoms with van der Waals surface area (Å²) >= 11 is 0. The van der Waals surface area contributed by atoms with E-state index in [-0.39, 0.29) is 19.8 Å². The van der Waals surface area contributed by atoms with Crippen molar-refractivity contribution in [3.63, 3.8) is 0 Å². The lowest BCUT2D eigenvalue weighted by Crippen LogP contribution is -2.48. The van der Waals surface area contributed by atoms with Crippen molar-refractivity contribution in [2.24, 2.45) is 0 Å². The minimum atomic E-state index is -1.49. The lowest BCUT2D eigenvalue weighted by atomic mass is 10.3. The molecule has 7 heteroatoms. The lowest BCUT2D eigenvalue weighted by Gasteiger charge is -2.15. The minimum Gasteiger partial charge on any atom is -0.464 e. The summed E-state index contributed by atoms with van der Waals surface area (Å²) in [5, 5.41) is 2.08. The van der Waals surface area contributed by atoms with E-state index in [9.17, 15) is 14.4 Å². The Bertz CT molecular complexity index is 260. The van der Waals surface area contributed by atoms with E-state index in [0.717, 1.165) is 0 Å². The molecule has 0 radical (unpaired) electrons. The quantitative estimate of drug-likeness (QED) is 0.410. The van der Waals surface area contributed by atoms with Crippen molar-refractivity contribution in [3.05, 3.63) is 0 Å². The van der Waals surface area contributed by atoms with Crippen LogP contribution in [0.15, 0.2) is 0 Å². The summed E-state index contributed by atoms with van der Waals surface area (Å²) in [5.41, 5.74) is 0. The van der Waals surface area contributed by atoms with E-state index >= 15 is 0 Å². The summed E-state index contributed by atoms with van der Waals surface area (Å²) in [5.74, 6) is -1.75. The van der Waals surface area contributed by atoms with E-state index < -0.39 is 24.1 Å². The van der Waals surface area contributed by atoms with Crippen LogP contribution in [-0.2, 0) is 23.8 Å². The molecule has 0 aliphatic carbocycles. The van der Waals surface area contributed by atoms with E-state index in [4.69, 9.17) is 0 Å². The molecular formula is C10H17NO6. The molecule has 1 N–H and O–H groups in total. The molecule has 0 spiro atoms. The van der Waals surface area contributed by atoms with Crippen molar-refractivity contribution >= 4 is 18.0 Å². The van der Waals surface area contributed by atoms with Gasteiger partial charge in [0.25, 0.3) is 0 Å². The molecule has 0 aliphatic heterocycles. The zero-order valence-corrected chi connectivity index (χ0v) is 10.1. The smallest absolute Gasteiger partial charge is 0.408 e. The topological polar surface area (TPSA) is 90.9 Å². The van der Waals surface area contributed by atoms with Crippen LogP contribution >= 0.6 is 0 Å². The molecule has 0 aromatic heterocycles. The largest absolute Gasteiger partial charge is 0.464 e. The predicted octanol–water partition coefficient (Wildman–Crippen LogP) is 0.227. The fourth-order valence-electron chi connectivity index (χ4n) is 0.956. The SMILES string of the molecule is CCOC(=O)NC(C(=O)OCC)C(=O)OCC. The first kappa shape index (κ1) is 15.2. The molecule has 1 amide bonds. The molecule has 0 aromatic rings. The van der Waals surface area contributed by atoms with Crippen LogP contribution in [0.2, 0.25) is 0 Å². The summed E-state index contributed by atoms with van der Waals surface area (Å²) in [6.45, 7) is 5.10. The molecule has 17 heavy (non-hydrogen) atoms. The Balaban J connectivity index is 4.55. The van der Waals surface area contributed by atoms with Crippen molar-refractivity contribution in [2.75, 3.05) is 19.8 Å². The molecule has 0 fully saturated rings. The maximum Gasteiger partial charge on any atom is 0.408 e. The molecule has 0 atom stereocenters. The highest BCUT2D eigenvalue weighted by atomic mass is 16.6. The summed E-state index contributed by atoms with van der Waals surface area (Å²) in [6, 6.07) is -1.49. The second-order valence-corrected chi connectivity index (χ2v) is 2.80. The molecule has 0 saturated carbocycles. The third-order valence-electron chi connectivity index (χ3n) is 1.58. The number of esters is 2. The molecule has 0 saturated heterocycles. The Morgan fingerprint density at radius 2 is 1.29 bits per heavy atom. The fourth-order valence-corrected chi connectivity index (χ4v) is 0.956. The van der Waals surface area contributed by atoms with Gasteiger partial charge in [-0.05, 0) is 20.8 Å². The molecule has 0 aliphatic rings. The van der Waals surface area contributed by atoms with Crippen LogP contribution in [0, 0.1) is 0 Å². The molecule has 0 heterocycles. The van der Waals surface area contributed by atoms with Gasteiger partial charge in [0.05, 0.1) is 19.8 Å². The predicted molar refractivity (Wildman–Crippen MR) is 57.2 cm³/mol. The van der Waals surface area contributed by atoms with Gasteiger partial charge in [-0.2, -0.15) is 0 Å². The average Bonchev–Trinajstić information content (AvgIpc) is 2.26. The zero-order valence-electron chi connectivity index (χ0n) is 10.1. The number of amides is 1. The Morgan fingerprint density at radius 1 is 0.882 bits per heavy atom. The number of hydrogen-bond acceptors (Lipinski definition) is 6. The Morgan fingerprint density at radius 3 is 1.65 bits per heavy atom. The van der Waals surface area contributed by atoms with Gasteiger partial charge in [-0.3, -0.25) is 5.32 Å². The Kier molecular flexibility index (Phi) is 7.49. The molecule has 0 bridgehead atoms. The lowest BCUT2D eigenvalue weighted by molar-refractivity contribution is -0.157. The van der Waals surface area contributed by atoms with E-state index in [0.29, 0.717) is 0 Å². The Hall–Kier alpha value is -1.79. The van der Waals surface area contributed by atoms with Gasteiger partial charge in [-0.15, -0.1) is 0 Å². The van der Waals surface area contributed by atoms with Gasteiger partial charge in [0.2, 0.25) is 6.04 Å². The van der Waals surface area contributed by atoms with Gasteiger partial charge >= 0.3 is 18.0 Å². The summed E-state index contributed by atoms with van der Waals surface area (Å²) < 4.78 is 13.8. The number of alkyl carbamates (subject to hydrolysis) is 1. The first-order valence-electron chi connectivity index (χ1n) is 5.33. The van der Waals surface area contributed by atoms with Gasteiger partial charge in [0, 0.05) is 0 Å². The molecule has 7 nitrogen and oxygen atoms in total. The molecule has 98 valence electrons. The normalized spacial score (nSPS) is 9.65. The second-order valence-electron chi connectivity index (χ2n) is 2.80. The van der Waals surface area contributed by atoms with Crippen molar-refractivity contribution < 1.29 is 28.6 Å². The highest BCUT2D eigenvalue weighted by Crippen LogP contribution is 1.95. The van der Waals surface area contributed by atoms with Crippen LogP contribution < -0.4 is 5.32 Å². The van der Waals surface area contributed by atoms with Crippen molar-refractivity contribution in [3.8, 4) is 0 Å². The van der Waals surface area contributed by atoms with Crippen molar-refractivity contribution in [1.82, 2.24) is 5.32 Å². The van der Waals surface area contributed by atoms with Crippen molar-refractivity contribution in [2.45, 2.75) is 26.8 Å². The molecule has 0 aromatic carbocycles. The fraction of sp³-hybridized carbons (Fsp3) is 0.700. The summed E-state index contributed by atoms with van der Waals surface area (Å²) in [4.78, 5) is 33.9. The number of carbonyl (C=O) groups excluding carboxylic acids is 3. The highest BCUT2D eigenvalue weighted by molar-refractivity contribution is 6.01. The first-order valence-corrected chi connectivity index (χ1v) is 5.33. The number of hydrogen-bond donors (Lipinski definition) is 1. The number of nitrogens with one attached hydrogen (secondary N) is 1. The van der Waals surface area contributed by atoms with Crippen LogP contribution in [0.3, 0.4) is 0 Å². The van der Waals surface area contributed by atoms with Crippen LogP contribution in [0.1, 0.15) is 20.8 Å². The standard InChI is InChI=1S/C10H17NO6/c1-4-15-8(12)7(9(13)16-5-2)11-10(14)17-6-3/h7H,4-6H2,1-3H3,(H,11,14). The molecule has 0 unspecified atom stereocenters. The minimum absolute atomic E-state index is 0.0965. The summed E-state index contributed by atoms with van der Waals surface area (Å²) in [7, 11) is 0. The van der Waals surface area contributed by atoms with E-state index in [1.807, 2.05) is 0 Å². The maximum atomic E-state index is 11.4. The van der Waals surface area contributed by atoms with E-state index in [1.165, 1.54) is 0 Å². The number of rotatable bonds is 6. The van der Waals surface area contributed by atoms with E-state index in [2.05, 4.69) is 19.5 Å². The average molecular weight is 247 g/mol. The van der Waals surface area contributed by atoms with Crippen LogP contribution in [0.25, 0.3) is 0 Å². The van der Waals surface area contributed by atoms with Gasteiger partial charge in [-0.25, -0.2) is 14.4 Å². The van der Waals surface area contributed by atoms with Crippen molar-refractivity contribution in [1.29, 1.82) is 0 Å². The van der Waals surface area contributed by atoms with Gasteiger partial charge in [0.15, 0.2) is 0 Å². The number of carbonyl (C=O) groups is 3. The maximum absolute atomic E-state index is 11.4. The highest BCUT2D eigenvalue weighted by Gasteiger charge is 2.31. The number of ether oxygens (including phenoxy) is 3. The Labute approximate surface area is 99.4 Å². The van der Waals surface area contributed by atoms with Gasteiger partial charge in [-0.1, -0.05) is 0 Å².